The number of urea groups is 1. The summed E-state index contributed by atoms with van der Waals surface area (Å²) in [5.41, 5.74) is 6.49. The summed E-state index contributed by atoms with van der Waals surface area (Å²) in [5.74, 6) is 0.302. The van der Waals surface area contributed by atoms with E-state index in [0.717, 1.165) is 18.5 Å². The quantitative estimate of drug-likeness (QED) is 0.753. The van der Waals surface area contributed by atoms with Crippen molar-refractivity contribution in [3.8, 4) is 0 Å². The molecule has 3 N–H and O–H groups in total. The largest absolute Gasteiger partial charge is 0.385 e. The van der Waals surface area contributed by atoms with Crippen LogP contribution < -0.4 is 11.1 Å². The van der Waals surface area contributed by atoms with Crippen LogP contribution in [-0.4, -0.2) is 21.6 Å². The zero-order chi connectivity index (χ0) is 10.8. The number of aliphatic imine (C=N–C) groups is 1. The Hall–Kier alpha value is -1.85. The molecule has 0 fully saturated rings. The normalized spacial score (nSPS) is 20.2. The number of nitrogens with zero attached hydrogens (tertiary/aromatic N) is 3. The van der Waals surface area contributed by atoms with E-state index in [0.29, 0.717) is 5.84 Å². The van der Waals surface area contributed by atoms with Crippen LogP contribution >= 0.6 is 0 Å². The summed E-state index contributed by atoms with van der Waals surface area (Å²) in [7, 11) is 0. The summed E-state index contributed by atoms with van der Waals surface area (Å²) in [5, 5.41) is 6.82. The van der Waals surface area contributed by atoms with Gasteiger partial charge in [0.2, 0.25) is 0 Å². The monoisotopic (exact) mass is 207 g/mol. The third kappa shape index (κ3) is 1.83. The Balaban J connectivity index is 2.16. The molecule has 1 aromatic heterocycles. The number of carbonyl (C=O) groups is 1. The van der Waals surface area contributed by atoms with Gasteiger partial charge in [0.25, 0.3) is 0 Å². The van der Waals surface area contributed by atoms with E-state index in [4.69, 9.17) is 5.73 Å². The molecule has 0 saturated heterocycles. The number of amidine groups is 1. The van der Waals surface area contributed by atoms with Gasteiger partial charge in [-0.1, -0.05) is 6.92 Å². The standard InChI is InChI=1S/C9H13N5O/c1-2-3-14-5-6(4-11-14)7-8(10)13-9(15)12-7/h4-5,7H,2-3H2,1H3,(H3,10,12,13,15). The molecule has 15 heavy (non-hydrogen) atoms. The average molecular weight is 207 g/mol. The molecule has 2 rings (SSSR count). The Kier molecular flexibility index (Phi) is 2.40. The first kappa shape index (κ1) is 9.70. The second kappa shape index (κ2) is 3.72. The molecule has 1 aliphatic heterocycles. The van der Waals surface area contributed by atoms with Gasteiger partial charge in [-0.05, 0) is 6.42 Å². The first-order valence-electron chi connectivity index (χ1n) is 4.87. The van der Waals surface area contributed by atoms with Gasteiger partial charge in [0.15, 0.2) is 0 Å². The van der Waals surface area contributed by atoms with Gasteiger partial charge in [0, 0.05) is 18.3 Å². The highest BCUT2D eigenvalue weighted by atomic mass is 16.2. The minimum atomic E-state index is -0.388. The van der Waals surface area contributed by atoms with Crippen LogP contribution in [0.5, 0.6) is 0 Å². The van der Waals surface area contributed by atoms with Gasteiger partial charge in [-0.3, -0.25) is 4.68 Å². The fraction of sp³-hybridized carbons (Fsp3) is 0.444. The number of hydrogen-bond donors (Lipinski definition) is 2. The maximum Gasteiger partial charge on any atom is 0.343 e. The van der Waals surface area contributed by atoms with E-state index < -0.39 is 0 Å². The summed E-state index contributed by atoms with van der Waals surface area (Å²) in [6, 6.07) is -0.705. The van der Waals surface area contributed by atoms with Crippen LogP contribution in [0.2, 0.25) is 0 Å². The van der Waals surface area contributed by atoms with Crippen LogP contribution in [0.3, 0.4) is 0 Å². The van der Waals surface area contributed by atoms with Crippen molar-refractivity contribution in [1.82, 2.24) is 15.1 Å². The van der Waals surface area contributed by atoms with Crippen LogP contribution in [0.4, 0.5) is 4.79 Å². The smallest absolute Gasteiger partial charge is 0.343 e. The number of aryl methyl sites for hydroxylation is 1. The zero-order valence-electron chi connectivity index (χ0n) is 8.47. The van der Waals surface area contributed by atoms with Gasteiger partial charge in [0.1, 0.15) is 11.9 Å². The van der Waals surface area contributed by atoms with Crippen molar-refractivity contribution >= 4 is 11.9 Å². The molecule has 1 aromatic rings. The van der Waals surface area contributed by atoms with E-state index in [-0.39, 0.29) is 12.1 Å². The Bertz CT molecular complexity index is 408. The predicted octanol–water partition coefficient (Wildman–Crippen LogP) is 0.415. The van der Waals surface area contributed by atoms with Crippen LogP contribution in [0.15, 0.2) is 17.4 Å². The molecule has 0 radical (unpaired) electrons. The van der Waals surface area contributed by atoms with E-state index in [1.54, 1.807) is 6.20 Å². The highest BCUT2D eigenvalue weighted by molar-refractivity contribution is 6.03. The molecule has 1 atom stereocenters. The number of aromatic nitrogens is 2. The first-order valence-corrected chi connectivity index (χ1v) is 4.87. The number of amides is 2. The van der Waals surface area contributed by atoms with Crippen molar-refractivity contribution in [3.63, 3.8) is 0 Å². The van der Waals surface area contributed by atoms with Crippen LogP contribution in [0.25, 0.3) is 0 Å². The first-order chi connectivity index (χ1) is 7.20. The molecule has 1 unspecified atom stereocenters. The van der Waals surface area contributed by atoms with Gasteiger partial charge in [-0.2, -0.15) is 10.1 Å². The summed E-state index contributed by atoms with van der Waals surface area (Å²) < 4.78 is 1.83. The minimum Gasteiger partial charge on any atom is -0.385 e. The number of nitrogens with one attached hydrogen (secondary N) is 1. The van der Waals surface area contributed by atoms with Crippen molar-refractivity contribution in [2.24, 2.45) is 10.7 Å². The van der Waals surface area contributed by atoms with E-state index in [1.807, 2.05) is 10.9 Å². The lowest BCUT2D eigenvalue weighted by Gasteiger charge is -2.06. The summed E-state index contributed by atoms with van der Waals surface area (Å²) >= 11 is 0. The zero-order valence-corrected chi connectivity index (χ0v) is 8.47. The lowest BCUT2D eigenvalue weighted by atomic mass is 10.1. The Morgan fingerprint density at radius 2 is 2.47 bits per heavy atom. The van der Waals surface area contributed by atoms with E-state index in [2.05, 4.69) is 22.3 Å². The molecular formula is C9H13N5O. The molecule has 80 valence electrons. The van der Waals surface area contributed by atoms with E-state index in [9.17, 15) is 4.79 Å². The van der Waals surface area contributed by atoms with Gasteiger partial charge in [0.05, 0.1) is 6.20 Å². The third-order valence-electron chi connectivity index (χ3n) is 2.23. The highest BCUT2D eigenvalue weighted by Gasteiger charge is 2.25. The Labute approximate surface area is 87.2 Å². The molecule has 0 saturated carbocycles. The Morgan fingerprint density at radius 3 is 3.07 bits per heavy atom. The van der Waals surface area contributed by atoms with Gasteiger partial charge < -0.3 is 11.1 Å². The molecule has 6 heteroatoms. The maximum atomic E-state index is 11.0. The van der Waals surface area contributed by atoms with E-state index in [1.165, 1.54) is 0 Å². The highest BCUT2D eigenvalue weighted by Crippen LogP contribution is 2.16. The molecule has 1 aliphatic rings. The Morgan fingerprint density at radius 1 is 1.67 bits per heavy atom. The van der Waals surface area contributed by atoms with Crippen molar-refractivity contribution in [1.29, 1.82) is 0 Å². The average Bonchev–Trinajstić information content (AvgIpc) is 2.73. The minimum absolute atomic E-state index is 0.302. The third-order valence-corrected chi connectivity index (χ3v) is 2.23. The fourth-order valence-electron chi connectivity index (χ4n) is 1.55. The second-order valence-electron chi connectivity index (χ2n) is 3.46. The van der Waals surface area contributed by atoms with Crippen molar-refractivity contribution < 1.29 is 4.79 Å². The molecule has 0 spiro atoms. The SMILES string of the molecule is CCCn1cc(C2NC(=O)N=C2N)cn1. The molecule has 0 aliphatic carbocycles. The van der Waals surface area contributed by atoms with Crippen molar-refractivity contribution in [2.45, 2.75) is 25.9 Å². The molecule has 2 amide bonds. The van der Waals surface area contributed by atoms with Crippen molar-refractivity contribution in [3.05, 3.63) is 18.0 Å². The predicted molar refractivity (Wildman–Crippen MR) is 55.4 cm³/mol. The molecule has 0 bridgehead atoms. The van der Waals surface area contributed by atoms with Gasteiger partial charge in [-0.15, -0.1) is 0 Å². The van der Waals surface area contributed by atoms with Gasteiger partial charge >= 0.3 is 6.03 Å². The maximum absolute atomic E-state index is 11.0. The number of carbonyl (C=O) groups excluding carboxylic acids is 1. The van der Waals surface area contributed by atoms with Crippen molar-refractivity contribution in [2.75, 3.05) is 0 Å². The lowest BCUT2D eigenvalue weighted by Crippen LogP contribution is -2.27. The molecule has 6 nitrogen and oxygen atoms in total. The molecule has 2 heterocycles. The fourth-order valence-corrected chi connectivity index (χ4v) is 1.55. The van der Waals surface area contributed by atoms with Gasteiger partial charge in [-0.25, -0.2) is 4.79 Å². The van der Waals surface area contributed by atoms with Crippen LogP contribution in [0, 0.1) is 0 Å². The second-order valence-corrected chi connectivity index (χ2v) is 3.46. The lowest BCUT2D eigenvalue weighted by molar-refractivity contribution is 0.250. The number of hydrogen-bond acceptors (Lipinski definition) is 3. The molecular weight excluding hydrogens is 194 g/mol. The number of nitrogens with two attached hydrogens (primary N) is 1. The topological polar surface area (TPSA) is 85.3 Å². The van der Waals surface area contributed by atoms with Crippen LogP contribution in [0.1, 0.15) is 24.9 Å². The summed E-state index contributed by atoms with van der Waals surface area (Å²) in [6.07, 6.45) is 4.60. The summed E-state index contributed by atoms with van der Waals surface area (Å²) in [6.45, 7) is 2.94. The summed E-state index contributed by atoms with van der Waals surface area (Å²) in [4.78, 5) is 14.6. The van der Waals surface area contributed by atoms with Crippen LogP contribution in [-0.2, 0) is 6.54 Å². The number of rotatable bonds is 3. The molecule has 0 aromatic carbocycles. The van der Waals surface area contributed by atoms with E-state index >= 15 is 0 Å².